The van der Waals surface area contributed by atoms with E-state index in [0.717, 1.165) is 36.0 Å². The van der Waals surface area contributed by atoms with Crippen LogP contribution in [-0.4, -0.2) is 56.0 Å². The molecule has 8 nitrogen and oxygen atoms in total. The molecule has 4 N–H and O–H groups in total. The summed E-state index contributed by atoms with van der Waals surface area (Å²) in [4.78, 5) is 27.5. The van der Waals surface area contributed by atoms with E-state index in [1.165, 1.54) is 36.6 Å². The Morgan fingerprint density at radius 3 is 2.09 bits per heavy atom. The molecule has 2 aliphatic rings. The molecule has 9 heteroatoms. The molecule has 1 saturated heterocycles. The van der Waals surface area contributed by atoms with Gasteiger partial charge in [0.2, 0.25) is 6.41 Å². The number of nitrogens with zero attached hydrogens (tertiary/aromatic N) is 2. The maximum atomic E-state index is 12.3. The van der Waals surface area contributed by atoms with Crippen molar-refractivity contribution in [3.8, 4) is 0 Å². The van der Waals surface area contributed by atoms with Gasteiger partial charge in [0.25, 0.3) is 0 Å². The monoisotopic (exact) mass is 673 g/mol. The SMILES string of the molecule is C1CC1.C=CN.C=Cc1cc(Cl)ccc1C(CC(=C)C)=C1CCN(C(=O)OC(C)(C)C)CC1.CC.CC.CN=CN/C=C/CNC=O. The summed E-state index contributed by atoms with van der Waals surface area (Å²) in [6, 6.07) is 5.92. The Hall–Kier alpha value is -3.78. The molecule has 47 heavy (non-hydrogen) atoms. The van der Waals surface area contributed by atoms with Gasteiger partial charge < -0.3 is 26.0 Å². The molecule has 3 rings (SSSR count). The second-order valence-electron chi connectivity index (χ2n) is 10.9. The maximum absolute atomic E-state index is 12.3. The molecule has 0 unspecified atom stereocenters. The Labute approximate surface area is 292 Å². The topological polar surface area (TPSA) is 109 Å². The largest absolute Gasteiger partial charge is 0.444 e. The number of hydrogen-bond donors (Lipinski definition) is 3. The molecule has 0 radical (unpaired) electrons. The van der Waals surface area contributed by atoms with Crippen LogP contribution in [0.2, 0.25) is 5.02 Å². The second-order valence-corrected chi connectivity index (χ2v) is 11.3. The summed E-state index contributed by atoms with van der Waals surface area (Å²) in [5.74, 6) is 0. The predicted molar refractivity (Wildman–Crippen MR) is 207 cm³/mol. The van der Waals surface area contributed by atoms with Gasteiger partial charge in [0, 0.05) is 31.7 Å². The summed E-state index contributed by atoms with van der Waals surface area (Å²) in [7, 11) is 1.67. The Bertz CT molecular complexity index is 1110. The van der Waals surface area contributed by atoms with Gasteiger partial charge in [-0.05, 0) is 94.3 Å². The Morgan fingerprint density at radius 2 is 1.66 bits per heavy atom. The normalized spacial score (nSPS) is 12.7. The fraction of sp³-hybridized carbons (Fsp3) is 0.500. The van der Waals surface area contributed by atoms with Crippen molar-refractivity contribution >= 4 is 42.1 Å². The zero-order chi connectivity index (χ0) is 36.7. The number of carbonyl (C=O) groups excluding carboxylic acids is 2. The van der Waals surface area contributed by atoms with Crippen molar-refractivity contribution in [3.05, 3.63) is 83.7 Å². The van der Waals surface area contributed by atoms with E-state index in [0.29, 0.717) is 31.1 Å². The van der Waals surface area contributed by atoms with E-state index >= 15 is 0 Å². The van der Waals surface area contributed by atoms with Gasteiger partial charge in [-0.1, -0.05) is 102 Å². The molecule has 1 aromatic carbocycles. The van der Waals surface area contributed by atoms with Gasteiger partial charge >= 0.3 is 6.09 Å². The van der Waals surface area contributed by atoms with Gasteiger partial charge in [0.1, 0.15) is 5.60 Å². The number of likely N-dealkylation sites (tertiary alicyclic amines) is 1. The molecule has 266 valence electrons. The first-order valence-electron chi connectivity index (χ1n) is 16.5. The van der Waals surface area contributed by atoms with Crippen molar-refractivity contribution in [1.29, 1.82) is 0 Å². The molecule has 2 amide bonds. The number of allylic oxidation sites excluding steroid dienone is 2. The van der Waals surface area contributed by atoms with Crippen molar-refractivity contribution in [2.45, 2.75) is 99.5 Å². The van der Waals surface area contributed by atoms with Crippen molar-refractivity contribution in [3.63, 3.8) is 0 Å². The highest BCUT2D eigenvalue weighted by Gasteiger charge is 2.26. The minimum absolute atomic E-state index is 0.235. The lowest BCUT2D eigenvalue weighted by Gasteiger charge is -2.32. The minimum atomic E-state index is -0.472. The Balaban J connectivity index is -0.000000793. The number of benzene rings is 1. The fourth-order valence-electron chi connectivity index (χ4n) is 3.64. The smallest absolute Gasteiger partial charge is 0.410 e. The number of rotatable bonds is 9. The lowest BCUT2D eigenvalue weighted by molar-refractivity contribution is -0.109. The summed E-state index contributed by atoms with van der Waals surface area (Å²) < 4.78 is 5.50. The number of nitrogens with two attached hydrogens (primary N) is 1. The fourth-order valence-corrected chi connectivity index (χ4v) is 3.82. The van der Waals surface area contributed by atoms with Gasteiger partial charge in [0.05, 0.1) is 6.34 Å². The van der Waals surface area contributed by atoms with E-state index in [1.54, 1.807) is 30.6 Å². The van der Waals surface area contributed by atoms with Crippen LogP contribution in [0.25, 0.3) is 11.6 Å². The van der Waals surface area contributed by atoms with Gasteiger partial charge in [-0.25, -0.2) is 4.79 Å². The lowest BCUT2D eigenvalue weighted by Crippen LogP contribution is -2.40. The molecular weight excluding hydrogens is 610 g/mol. The second kappa shape index (κ2) is 30.9. The van der Waals surface area contributed by atoms with E-state index in [9.17, 15) is 9.59 Å². The first-order valence-corrected chi connectivity index (χ1v) is 16.9. The highest BCUT2D eigenvalue weighted by molar-refractivity contribution is 6.30. The molecule has 1 saturated carbocycles. The zero-order valence-corrected chi connectivity index (χ0v) is 31.5. The zero-order valence-electron chi connectivity index (χ0n) is 30.8. The number of ether oxygens (including phenoxy) is 1. The summed E-state index contributed by atoms with van der Waals surface area (Å²) in [6.07, 6.45) is 15.5. The quantitative estimate of drug-likeness (QED) is 0.0795. The van der Waals surface area contributed by atoms with Crippen LogP contribution in [-0.2, 0) is 9.53 Å². The third kappa shape index (κ3) is 27.1. The number of piperidine rings is 1. The van der Waals surface area contributed by atoms with E-state index in [-0.39, 0.29) is 6.09 Å². The third-order valence-electron chi connectivity index (χ3n) is 5.57. The van der Waals surface area contributed by atoms with Crippen molar-refractivity contribution < 1.29 is 14.3 Å². The number of aliphatic imine (C=N–C) groups is 1. The molecule has 0 atom stereocenters. The summed E-state index contributed by atoms with van der Waals surface area (Å²) in [6.45, 7) is 28.8. The van der Waals surface area contributed by atoms with Gasteiger partial charge in [-0.15, -0.1) is 0 Å². The molecule has 0 spiro atoms. The van der Waals surface area contributed by atoms with Gasteiger partial charge in [-0.2, -0.15) is 0 Å². The predicted octanol–water partition coefficient (Wildman–Crippen LogP) is 9.54. The highest BCUT2D eigenvalue weighted by Crippen LogP contribution is 2.34. The number of amides is 2. The van der Waals surface area contributed by atoms with Crippen LogP contribution < -0.4 is 16.4 Å². The first-order chi connectivity index (χ1) is 22.4. The first kappa shape index (κ1) is 47.6. The average molecular weight is 674 g/mol. The molecule has 2 fully saturated rings. The minimum Gasteiger partial charge on any atom is -0.444 e. The molecule has 1 aromatic rings. The number of halogens is 1. The van der Waals surface area contributed by atoms with E-state index in [2.05, 4.69) is 47.2 Å². The summed E-state index contributed by atoms with van der Waals surface area (Å²) in [5.41, 5.74) is 10.1. The van der Waals surface area contributed by atoms with E-state index in [1.807, 2.05) is 73.6 Å². The van der Waals surface area contributed by atoms with Crippen molar-refractivity contribution in [2.24, 2.45) is 10.7 Å². The lowest BCUT2D eigenvalue weighted by atomic mass is 9.87. The molecular formula is C38H64ClN5O3. The molecule has 1 aliphatic heterocycles. The van der Waals surface area contributed by atoms with Crippen LogP contribution in [0.15, 0.2) is 72.6 Å². The van der Waals surface area contributed by atoms with Crippen LogP contribution in [0.5, 0.6) is 0 Å². The van der Waals surface area contributed by atoms with E-state index < -0.39 is 5.60 Å². The summed E-state index contributed by atoms with van der Waals surface area (Å²) >= 11 is 6.16. The summed E-state index contributed by atoms with van der Waals surface area (Å²) in [5, 5.41) is 5.94. The maximum Gasteiger partial charge on any atom is 0.410 e. The van der Waals surface area contributed by atoms with Crippen molar-refractivity contribution in [2.75, 3.05) is 26.7 Å². The van der Waals surface area contributed by atoms with Gasteiger partial charge in [-0.3, -0.25) is 9.79 Å². The Morgan fingerprint density at radius 1 is 1.11 bits per heavy atom. The van der Waals surface area contributed by atoms with Crippen LogP contribution in [0.4, 0.5) is 4.79 Å². The van der Waals surface area contributed by atoms with Crippen LogP contribution >= 0.6 is 11.6 Å². The average Bonchev–Trinajstić information content (AvgIpc) is 3.94. The van der Waals surface area contributed by atoms with Gasteiger partial charge in [0.15, 0.2) is 0 Å². The number of hydrogen-bond acceptors (Lipinski definition) is 5. The Kier molecular flexibility index (Phi) is 31.3. The van der Waals surface area contributed by atoms with Crippen molar-refractivity contribution in [1.82, 2.24) is 15.5 Å². The van der Waals surface area contributed by atoms with Crippen LogP contribution in [0, 0.1) is 0 Å². The third-order valence-corrected chi connectivity index (χ3v) is 5.81. The number of carbonyl (C=O) groups is 2. The molecule has 0 bridgehead atoms. The molecule has 1 heterocycles. The number of nitrogens with one attached hydrogen (secondary N) is 2. The standard InChI is InChI=1S/C23H30ClNO2.C6H11N3O.C3H6.C2H5N.2C2H6/c1-7-17-15-19(24)8-9-20(17)21(14-16(2)3)18-10-12-25(13-11-18)22(26)27-23(4,5)6;1-7-5-8-3-2-4-9-6-10;1-2-3-1;1-2-3;2*1-2/h7-9,15H,1-2,10-14H2,3-6H3;2-3,5-6H,4H2,1H3,(H,7,8)(H,9,10);1-3H2;2H,1,3H2;2*1-2H3/b;3-2+;;;;. The van der Waals surface area contributed by atoms with Crippen LogP contribution in [0.1, 0.15) is 105 Å². The van der Waals surface area contributed by atoms with Crippen LogP contribution in [0.3, 0.4) is 0 Å². The molecule has 0 aromatic heterocycles. The highest BCUT2D eigenvalue weighted by atomic mass is 35.5. The van der Waals surface area contributed by atoms with E-state index in [4.69, 9.17) is 16.3 Å². The molecule has 1 aliphatic carbocycles.